The molecule has 0 aliphatic rings. The Morgan fingerprint density at radius 1 is 1.24 bits per heavy atom. The number of nitrogens with zero attached hydrogens (tertiary/aromatic N) is 2. The Morgan fingerprint density at radius 2 is 2.05 bits per heavy atom. The standard InChI is InChI=1S/C15H12ClN3O2/c16-15-7-11(8-17)4-5-13(15)10-18-9-12-2-1-3-14(6-12)19(20)21/h1-7,18H,9-10H2. The van der Waals surface area contributed by atoms with Crippen LogP contribution < -0.4 is 5.32 Å². The number of benzene rings is 2. The van der Waals surface area contributed by atoms with E-state index in [2.05, 4.69) is 5.32 Å². The highest BCUT2D eigenvalue weighted by molar-refractivity contribution is 6.31. The van der Waals surface area contributed by atoms with Gasteiger partial charge in [0.25, 0.3) is 5.69 Å². The lowest BCUT2D eigenvalue weighted by Gasteiger charge is -2.07. The Balaban J connectivity index is 1.97. The van der Waals surface area contributed by atoms with Gasteiger partial charge in [0.2, 0.25) is 0 Å². The predicted molar refractivity (Wildman–Crippen MR) is 79.8 cm³/mol. The number of non-ortho nitro benzene ring substituents is 1. The Labute approximate surface area is 126 Å². The van der Waals surface area contributed by atoms with Gasteiger partial charge in [0.05, 0.1) is 16.6 Å². The molecule has 0 aromatic heterocycles. The molecule has 2 rings (SSSR count). The van der Waals surface area contributed by atoms with Crippen LogP contribution in [-0.4, -0.2) is 4.92 Å². The molecule has 0 radical (unpaired) electrons. The summed E-state index contributed by atoms with van der Waals surface area (Å²) in [6.07, 6.45) is 0. The average molecular weight is 302 g/mol. The average Bonchev–Trinajstić information content (AvgIpc) is 2.49. The van der Waals surface area contributed by atoms with Gasteiger partial charge in [-0.3, -0.25) is 10.1 Å². The maximum Gasteiger partial charge on any atom is 0.269 e. The summed E-state index contributed by atoms with van der Waals surface area (Å²) in [4.78, 5) is 10.3. The van der Waals surface area contributed by atoms with E-state index in [1.165, 1.54) is 12.1 Å². The molecule has 2 aromatic carbocycles. The van der Waals surface area contributed by atoms with Gasteiger partial charge in [-0.05, 0) is 23.3 Å². The molecular weight excluding hydrogens is 290 g/mol. The largest absolute Gasteiger partial charge is 0.309 e. The zero-order valence-electron chi connectivity index (χ0n) is 11.0. The van der Waals surface area contributed by atoms with Crippen molar-refractivity contribution >= 4 is 17.3 Å². The molecule has 6 heteroatoms. The molecule has 21 heavy (non-hydrogen) atoms. The normalized spacial score (nSPS) is 10.1. The Kier molecular flexibility index (Phi) is 4.88. The SMILES string of the molecule is N#Cc1ccc(CNCc2cccc([N+](=O)[O-])c2)c(Cl)c1. The van der Waals surface area contributed by atoms with Crippen molar-refractivity contribution in [2.75, 3.05) is 0 Å². The molecule has 5 nitrogen and oxygen atoms in total. The molecule has 0 unspecified atom stereocenters. The van der Waals surface area contributed by atoms with Gasteiger partial charge >= 0.3 is 0 Å². The summed E-state index contributed by atoms with van der Waals surface area (Å²) in [6, 6.07) is 13.6. The lowest BCUT2D eigenvalue weighted by Crippen LogP contribution is -2.13. The van der Waals surface area contributed by atoms with E-state index in [9.17, 15) is 10.1 Å². The van der Waals surface area contributed by atoms with Gasteiger partial charge in [0, 0.05) is 30.2 Å². The number of rotatable bonds is 5. The molecule has 0 bridgehead atoms. The van der Waals surface area contributed by atoms with Crippen molar-refractivity contribution in [3.63, 3.8) is 0 Å². The van der Waals surface area contributed by atoms with E-state index in [1.54, 1.807) is 24.3 Å². The van der Waals surface area contributed by atoms with Crippen molar-refractivity contribution in [2.45, 2.75) is 13.1 Å². The molecule has 1 N–H and O–H groups in total. The van der Waals surface area contributed by atoms with Crippen LogP contribution in [0.25, 0.3) is 0 Å². The van der Waals surface area contributed by atoms with Gasteiger partial charge in [-0.15, -0.1) is 0 Å². The number of nitro groups is 1. The second kappa shape index (κ2) is 6.84. The second-order valence-electron chi connectivity index (χ2n) is 4.45. The van der Waals surface area contributed by atoms with Crippen molar-refractivity contribution in [1.29, 1.82) is 5.26 Å². The lowest BCUT2D eigenvalue weighted by molar-refractivity contribution is -0.384. The minimum atomic E-state index is -0.416. The van der Waals surface area contributed by atoms with Gasteiger partial charge in [-0.1, -0.05) is 29.8 Å². The number of hydrogen-bond donors (Lipinski definition) is 1. The highest BCUT2D eigenvalue weighted by atomic mass is 35.5. The summed E-state index contributed by atoms with van der Waals surface area (Å²) in [5.41, 5.74) is 2.29. The quantitative estimate of drug-likeness (QED) is 0.678. The minimum Gasteiger partial charge on any atom is -0.309 e. The number of halogens is 1. The topological polar surface area (TPSA) is 79.0 Å². The van der Waals surface area contributed by atoms with Gasteiger partial charge in [-0.25, -0.2) is 0 Å². The first-order valence-electron chi connectivity index (χ1n) is 6.22. The van der Waals surface area contributed by atoms with E-state index < -0.39 is 4.92 Å². The molecule has 106 valence electrons. The minimum absolute atomic E-state index is 0.0747. The number of nitrogens with one attached hydrogen (secondary N) is 1. The van der Waals surface area contributed by atoms with E-state index in [4.69, 9.17) is 16.9 Å². The Hall–Kier alpha value is -2.42. The fourth-order valence-corrected chi connectivity index (χ4v) is 2.13. The van der Waals surface area contributed by atoms with Gasteiger partial charge < -0.3 is 5.32 Å². The van der Waals surface area contributed by atoms with E-state index in [0.29, 0.717) is 23.7 Å². The van der Waals surface area contributed by atoms with E-state index in [-0.39, 0.29) is 5.69 Å². The Bertz CT molecular complexity index is 710. The van der Waals surface area contributed by atoms with Crippen LogP contribution >= 0.6 is 11.6 Å². The van der Waals surface area contributed by atoms with E-state index in [0.717, 1.165) is 11.1 Å². The monoisotopic (exact) mass is 301 g/mol. The van der Waals surface area contributed by atoms with Crippen LogP contribution in [-0.2, 0) is 13.1 Å². The molecule has 0 heterocycles. The molecule has 0 amide bonds. The summed E-state index contributed by atoms with van der Waals surface area (Å²) in [5, 5.41) is 23.2. The van der Waals surface area contributed by atoms with Crippen molar-refractivity contribution in [2.24, 2.45) is 0 Å². The lowest BCUT2D eigenvalue weighted by atomic mass is 10.1. The fourth-order valence-electron chi connectivity index (χ4n) is 1.88. The molecule has 0 aliphatic heterocycles. The van der Waals surface area contributed by atoms with Crippen LogP contribution in [0.1, 0.15) is 16.7 Å². The number of nitro benzene ring substituents is 1. The zero-order chi connectivity index (χ0) is 15.2. The maximum atomic E-state index is 10.7. The number of hydrogen-bond acceptors (Lipinski definition) is 4. The molecular formula is C15H12ClN3O2. The molecule has 0 saturated carbocycles. The molecule has 0 aliphatic carbocycles. The summed E-state index contributed by atoms with van der Waals surface area (Å²) < 4.78 is 0. The van der Waals surface area contributed by atoms with Crippen molar-refractivity contribution in [3.8, 4) is 6.07 Å². The van der Waals surface area contributed by atoms with Crippen molar-refractivity contribution < 1.29 is 4.92 Å². The van der Waals surface area contributed by atoms with Gasteiger partial charge in [0.1, 0.15) is 0 Å². The van der Waals surface area contributed by atoms with Gasteiger partial charge in [-0.2, -0.15) is 5.26 Å². The highest BCUT2D eigenvalue weighted by Crippen LogP contribution is 2.18. The van der Waals surface area contributed by atoms with Crippen LogP contribution in [0.5, 0.6) is 0 Å². The van der Waals surface area contributed by atoms with Crippen LogP contribution in [0.3, 0.4) is 0 Å². The summed E-state index contributed by atoms with van der Waals surface area (Å²) >= 11 is 6.08. The third-order valence-electron chi connectivity index (χ3n) is 2.95. The first-order valence-corrected chi connectivity index (χ1v) is 6.60. The fraction of sp³-hybridized carbons (Fsp3) is 0.133. The molecule has 0 fully saturated rings. The third-order valence-corrected chi connectivity index (χ3v) is 3.30. The predicted octanol–water partition coefficient (Wildman–Crippen LogP) is 3.41. The highest BCUT2D eigenvalue weighted by Gasteiger charge is 2.06. The smallest absolute Gasteiger partial charge is 0.269 e. The zero-order valence-corrected chi connectivity index (χ0v) is 11.8. The summed E-state index contributed by atoms with van der Waals surface area (Å²) in [7, 11) is 0. The van der Waals surface area contributed by atoms with Gasteiger partial charge in [0.15, 0.2) is 0 Å². The first-order chi connectivity index (χ1) is 10.1. The number of nitriles is 1. The molecule has 2 aromatic rings. The third kappa shape index (κ3) is 4.02. The van der Waals surface area contributed by atoms with Crippen molar-refractivity contribution in [1.82, 2.24) is 5.32 Å². The van der Waals surface area contributed by atoms with Crippen LogP contribution in [0.15, 0.2) is 42.5 Å². The second-order valence-corrected chi connectivity index (χ2v) is 4.86. The van der Waals surface area contributed by atoms with Crippen molar-refractivity contribution in [3.05, 3.63) is 74.3 Å². The van der Waals surface area contributed by atoms with E-state index >= 15 is 0 Å². The summed E-state index contributed by atoms with van der Waals surface area (Å²) in [6.45, 7) is 1.02. The van der Waals surface area contributed by atoms with Crippen LogP contribution in [0.4, 0.5) is 5.69 Å². The Morgan fingerprint density at radius 3 is 2.71 bits per heavy atom. The van der Waals surface area contributed by atoms with Crippen LogP contribution in [0, 0.1) is 21.4 Å². The molecule has 0 atom stereocenters. The van der Waals surface area contributed by atoms with E-state index in [1.807, 2.05) is 12.1 Å². The molecule has 0 spiro atoms. The summed E-state index contributed by atoms with van der Waals surface area (Å²) in [5.74, 6) is 0. The molecule has 0 saturated heterocycles. The first kappa shape index (κ1) is 15.0. The maximum absolute atomic E-state index is 10.7. The van der Waals surface area contributed by atoms with Crippen LogP contribution in [0.2, 0.25) is 5.02 Å².